The second kappa shape index (κ2) is 11.3. The van der Waals surface area contributed by atoms with Gasteiger partial charge >= 0.3 is 11.9 Å². The third-order valence-corrected chi connectivity index (χ3v) is 5.64. The predicted octanol–water partition coefficient (Wildman–Crippen LogP) is 6.44. The molecule has 0 radical (unpaired) electrons. The molecule has 30 heavy (non-hydrogen) atoms. The van der Waals surface area contributed by atoms with Gasteiger partial charge in [0.2, 0.25) is 0 Å². The van der Waals surface area contributed by atoms with E-state index in [4.69, 9.17) is 0 Å². The van der Waals surface area contributed by atoms with Crippen LogP contribution < -0.4 is 0 Å². The van der Waals surface area contributed by atoms with Gasteiger partial charge in [-0.2, -0.15) is 0 Å². The normalized spacial score (nSPS) is 14.3. The number of allylic oxidation sites excluding steroid dienone is 6. The number of methoxy groups -OCH3 is 2. The van der Waals surface area contributed by atoms with Crippen LogP contribution >= 0.6 is 0 Å². The molecule has 0 atom stereocenters. The van der Waals surface area contributed by atoms with E-state index in [1.165, 1.54) is 14.2 Å². The molecule has 4 heteroatoms. The van der Waals surface area contributed by atoms with Gasteiger partial charge in [0.05, 0.1) is 27.1 Å². The van der Waals surface area contributed by atoms with Gasteiger partial charge < -0.3 is 9.47 Å². The molecule has 0 heterocycles. The molecule has 0 aromatic heterocycles. The number of carbonyl (C=O) groups is 2. The first-order valence-electron chi connectivity index (χ1n) is 10.5. The Kier molecular flexibility index (Phi) is 10.5. The highest BCUT2D eigenvalue weighted by Gasteiger charge is 2.33. The smallest absolute Gasteiger partial charge is 0.309 e. The van der Waals surface area contributed by atoms with E-state index >= 15 is 0 Å². The second-order valence-electron chi connectivity index (χ2n) is 10.1. The summed E-state index contributed by atoms with van der Waals surface area (Å²) < 4.78 is 9.35. The molecule has 0 saturated heterocycles. The molecular weight excluding hydrogens is 376 g/mol. The summed E-state index contributed by atoms with van der Waals surface area (Å²) in [5.41, 5.74) is -0.520. The lowest BCUT2D eigenvalue weighted by molar-refractivity contribution is -0.140. The quantitative estimate of drug-likeness (QED) is 0.286. The van der Waals surface area contributed by atoms with Crippen molar-refractivity contribution in [1.29, 1.82) is 0 Å². The first-order valence-corrected chi connectivity index (χ1v) is 10.5. The summed E-state index contributed by atoms with van der Waals surface area (Å²) in [6.45, 7) is 17.4. The molecule has 0 saturated carbocycles. The average Bonchev–Trinajstić information content (AvgIpc) is 2.64. The molecule has 0 unspecified atom stereocenters. The Labute approximate surface area is 184 Å². The summed E-state index contributed by atoms with van der Waals surface area (Å²) in [7, 11) is 2.80. The maximum Gasteiger partial charge on any atom is 0.309 e. The predicted molar refractivity (Wildman–Crippen MR) is 125 cm³/mol. The van der Waals surface area contributed by atoms with Gasteiger partial charge in [-0.05, 0) is 10.8 Å². The van der Waals surface area contributed by atoms with Gasteiger partial charge in [-0.3, -0.25) is 9.59 Å². The number of ether oxygens (including phenoxy) is 2. The Balaban J connectivity index is 5.27. The molecule has 0 aliphatic rings. The van der Waals surface area contributed by atoms with E-state index in [9.17, 15) is 9.59 Å². The SMILES string of the molecule is COC(=O)C/C=C/C(C)(C)/C=C/C(C)(C)C(C)(C)/C=C/C(C)(C)/C=C/CC(=O)OC. The molecule has 0 bridgehead atoms. The third-order valence-electron chi connectivity index (χ3n) is 5.64. The fourth-order valence-corrected chi connectivity index (χ4v) is 2.47. The van der Waals surface area contributed by atoms with Gasteiger partial charge in [0, 0.05) is 10.8 Å². The Hall–Kier alpha value is -2.10. The van der Waals surface area contributed by atoms with Crippen LogP contribution in [0.4, 0.5) is 0 Å². The van der Waals surface area contributed by atoms with Crippen molar-refractivity contribution in [3.8, 4) is 0 Å². The molecule has 0 N–H and O–H groups in total. The van der Waals surface area contributed by atoms with E-state index in [2.05, 4.69) is 89.2 Å². The summed E-state index contributed by atoms with van der Waals surface area (Å²) in [6, 6.07) is 0. The summed E-state index contributed by atoms with van der Waals surface area (Å²) in [5, 5.41) is 0. The van der Waals surface area contributed by atoms with Crippen LogP contribution in [0.1, 0.15) is 68.2 Å². The summed E-state index contributed by atoms with van der Waals surface area (Å²) in [5.74, 6) is -0.471. The Morgan fingerprint density at radius 2 is 0.867 bits per heavy atom. The Bertz CT molecular complexity index is 626. The van der Waals surface area contributed by atoms with Crippen molar-refractivity contribution < 1.29 is 19.1 Å². The lowest BCUT2D eigenvalue weighted by Gasteiger charge is -2.38. The average molecular weight is 419 g/mol. The van der Waals surface area contributed by atoms with Crippen LogP contribution in [0.3, 0.4) is 0 Å². The molecule has 0 aliphatic carbocycles. The number of hydrogen-bond donors (Lipinski definition) is 0. The largest absolute Gasteiger partial charge is 0.469 e. The first kappa shape index (κ1) is 27.9. The zero-order valence-electron chi connectivity index (χ0n) is 20.7. The van der Waals surface area contributed by atoms with Gasteiger partial charge in [0.15, 0.2) is 0 Å². The molecule has 0 rings (SSSR count). The van der Waals surface area contributed by atoms with E-state index < -0.39 is 0 Å². The number of hydrogen-bond acceptors (Lipinski definition) is 4. The van der Waals surface area contributed by atoms with Crippen LogP contribution in [0.2, 0.25) is 0 Å². The van der Waals surface area contributed by atoms with Gasteiger partial charge in [-0.25, -0.2) is 0 Å². The van der Waals surface area contributed by atoms with Crippen molar-refractivity contribution >= 4 is 11.9 Å². The summed E-state index contributed by atoms with van der Waals surface area (Å²) in [6.07, 6.45) is 17.2. The highest BCUT2D eigenvalue weighted by molar-refractivity contribution is 5.71. The maximum absolute atomic E-state index is 11.3. The summed E-state index contributed by atoms with van der Waals surface area (Å²) in [4.78, 5) is 22.6. The fraction of sp³-hybridized carbons (Fsp3) is 0.615. The zero-order chi connectivity index (χ0) is 23.6. The molecule has 170 valence electrons. The van der Waals surface area contributed by atoms with Crippen molar-refractivity contribution in [2.45, 2.75) is 68.2 Å². The molecule has 0 aliphatic heterocycles. The van der Waals surface area contributed by atoms with Gasteiger partial charge in [0.25, 0.3) is 0 Å². The number of carbonyl (C=O) groups excluding carboxylic acids is 2. The molecule has 4 nitrogen and oxygen atoms in total. The molecule has 0 fully saturated rings. The molecular formula is C26H42O4. The van der Waals surface area contributed by atoms with Crippen molar-refractivity contribution in [3.05, 3.63) is 48.6 Å². The molecule has 0 aromatic carbocycles. The molecule has 0 aromatic rings. The lowest BCUT2D eigenvalue weighted by Crippen LogP contribution is -2.29. The topological polar surface area (TPSA) is 52.6 Å². The first-order chi connectivity index (χ1) is 13.6. The highest BCUT2D eigenvalue weighted by atomic mass is 16.5. The highest BCUT2D eigenvalue weighted by Crippen LogP contribution is 2.43. The monoisotopic (exact) mass is 418 g/mol. The molecule has 0 spiro atoms. The maximum atomic E-state index is 11.3. The Morgan fingerprint density at radius 3 is 1.13 bits per heavy atom. The van der Waals surface area contributed by atoms with E-state index in [1.54, 1.807) is 0 Å². The minimum atomic E-state index is -0.235. The fourth-order valence-electron chi connectivity index (χ4n) is 2.47. The van der Waals surface area contributed by atoms with Crippen molar-refractivity contribution in [2.24, 2.45) is 21.7 Å². The van der Waals surface area contributed by atoms with Crippen molar-refractivity contribution in [1.82, 2.24) is 0 Å². The zero-order valence-corrected chi connectivity index (χ0v) is 20.7. The third kappa shape index (κ3) is 10.6. The van der Waals surface area contributed by atoms with Crippen molar-refractivity contribution in [2.75, 3.05) is 14.2 Å². The van der Waals surface area contributed by atoms with E-state index in [0.717, 1.165) is 0 Å². The van der Waals surface area contributed by atoms with Crippen LogP contribution in [-0.2, 0) is 19.1 Å². The van der Waals surface area contributed by atoms with E-state index in [1.807, 2.05) is 24.3 Å². The second-order valence-corrected chi connectivity index (χ2v) is 10.1. The summed E-state index contributed by atoms with van der Waals surface area (Å²) >= 11 is 0. The van der Waals surface area contributed by atoms with Crippen LogP contribution in [-0.4, -0.2) is 26.2 Å². The minimum Gasteiger partial charge on any atom is -0.469 e. The van der Waals surface area contributed by atoms with Crippen LogP contribution in [0.5, 0.6) is 0 Å². The van der Waals surface area contributed by atoms with Gasteiger partial charge in [-0.1, -0.05) is 104 Å². The lowest BCUT2D eigenvalue weighted by atomic mass is 9.66. The van der Waals surface area contributed by atoms with Crippen LogP contribution in [0.25, 0.3) is 0 Å². The van der Waals surface area contributed by atoms with Crippen LogP contribution in [0, 0.1) is 21.7 Å². The number of rotatable bonds is 11. The standard InChI is InChI=1S/C26H42O4/c1-23(2,15-11-13-21(27)29-9)17-19-25(5,6)26(7,8)20-18-24(3,4)16-12-14-22(28)30-10/h11-12,15-20H,13-14H2,1-10H3/b15-11+,16-12+,19-17+,20-18+. The van der Waals surface area contributed by atoms with E-state index in [0.29, 0.717) is 0 Å². The van der Waals surface area contributed by atoms with Crippen LogP contribution in [0.15, 0.2) is 48.6 Å². The van der Waals surface area contributed by atoms with Gasteiger partial charge in [-0.15, -0.1) is 0 Å². The minimum absolute atomic E-state index is 0.0945. The van der Waals surface area contributed by atoms with E-state index in [-0.39, 0.29) is 46.4 Å². The number of esters is 2. The van der Waals surface area contributed by atoms with Gasteiger partial charge in [0.1, 0.15) is 0 Å². The van der Waals surface area contributed by atoms with Crippen molar-refractivity contribution in [3.63, 3.8) is 0 Å². The molecule has 0 amide bonds. The Morgan fingerprint density at radius 1 is 0.567 bits per heavy atom.